The van der Waals surface area contributed by atoms with Crippen LogP contribution in [0.1, 0.15) is 34.3 Å². The van der Waals surface area contributed by atoms with Gasteiger partial charge in [-0.15, -0.1) is 0 Å². The maximum absolute atomic E-state index is 11.0. The molecule has 1 aliphatic rings. The smallest absolute Gasteiger partial charge is 0.335 e. The molecule has 126 valence electrons. The van der Waals surface area contributed by atoms with Gasteiger partial charge < -0.3 is 15.3 Å². The average molecular weight is 324 g/mol. The highest BCUT2D eigenvalue weighted by molar-refractivity contribution is 5.87. The Morgan fingerprint density at radius 2 is 1.79 bits per heavy atom. The molecule has 1 fully saturated rings. The van der Waals surface area contributed by atoms with E-state index in [9.17, 15) is 4.79 Å². The van der Waals surface area contributed by atoms with E-state index in [1.54, 1.807) is 12.1 Å². The predicted molar refractivity (Wildman–Crippen MR) is 96.8 cm³/mol. The van der Waals surface area contributed by atoms with Gasteiger partial charge in [0.25, 0.3) is 0 Å². The number of aromatic carboxylic acids is 1. The summed E-state index contributed by atoms with van der Waals surface area (Å²) >= 11 is 0. The SMILES string of the molecule is CN(C)c1ccccc1CNCC1(c2ccc(C(=O)O)cc2)CC1. The topological polar surface area (TPSA) is 52.6 Å². The van der Waals surface area contributed by atoms with Crippen LogP contribution in [-0.4, -0.2) is 31.7 Å². The highest BCUT2D eigenvalue weighted by Gasteiger charge is 2.43. The zero-order valence-electron chi connectivity index (χ0n) is 14.2. The van der Waals surface area contributed by atoms with Crippen molar-refractivity contribution in [2.24, 2.45) is 0 Å². The monoisotopic (exact) mass is 324 g/mol. The van der Waals surface area contributed by atoms with E-state index < -0.39 is 5.97 Å². The fraction of sp³-hybridized carbons (Fsp3) is 0.350. The van der Waals surface area contributed by atoms with Gasteiger partial charge >= 0.3 is 5.97 Å². The zero-order chi connectivity index (χ0) is 17.2. The number of para-hydroxylation sites is 1. The number of carboxylic acids is 1. The van der Waals surface area contributed by atoms with Crippen LogP contribution < -0.4 is 10.2 Å². The van der Waals surface area contributed by atoms with Gasteiger partial charge in [-0.3, -0.25) is 0 Å². The third-order valence-corrected chi connectivity index (χ3v) is 4.85. The lowest BCUT2D eigenvalue weighted by Crippen LogP contribution is -2.27. The van der Waals surface area contributed by atoms with Crippen molar-refractivity contribution in [3.05, 3.63) is 65.2 Å². The zero-order valence-corrected chi connectivity index (χ0v) is 14.2. The Labute approximate surface area is 143 Å². The first-order chi connectivity index (χ1) is 11.5. The number of benzene rings is 2. The van der Waals surface area contributed by atoms with Crippen molar-refractivity contribution in [2.45, 2.75) is 24.8 Å². The van der Waals surface area contributed by atoms with Crippen LogP contribution in [0.3, 0.4) is 0 Å². The van der Waals surface area contributed by atoms with Gasteiger partial charge in [0.05, 0.1) is 5.56 Å². The first-order valence-electron chi connectivity index (χ1n) is 8.32. The minimum absolute atomic E-state index is 0.171. The minimum atomic E-state index is -0.871. The number of nitrogens with zero attached hydrogens (tertiary/aromatic N) is 1. The van der Waals surface area contributed by atoms with Crippen LogP contribution in [0.2, 0.25) is 0 Å². The maximum atomic E-state index is 11.0. The van der Waals surface area contributed by atoms with Crippen LogP contribution in [0.4, 0.5) is 5.69 Å². The van der Waals surface area contributed by atoms with Gasteiger partial charge in [0.1, 0.15) is 0 Å². The van der Waals surface area contributed by atoms with Crippen LogP contribution in [-0.2, 0) is 12.0 Å². The van der Waals surface area contributed by atoms with E-state index in [0.717, 1.165) is 25.9 Å². The van der Waals surface area contributed by atoms with Gasteiger partial charge in [0, 0.05) is 38.3 Å². The molecular formula is C20H24N2O2. The van der Waals surface area contributed by atoms with Crippen LogP contribution in [0.15, 0.2) is 48.5 Å². The number of anilines is 1. The lowest BCUT2D eigenvalue weighted by Gasteiger charge is -2.20. The third-order valence-electron chi connectivity index (χ3n) is 4.85. The van der Waals surface area contributed by atoms with Gasteiger partial charge in [-0.25, -0.2) is 4.79 Å². The summed E-state index contributed by atoms with van der Waals surface area (Å²) in [5.41, 5.74) is 4.29. The summed E-state index contributed by atoms with van der Waals surface area (Å²) in [5.74, 6) is -0.871. The molecule has 2 aromatic rings. The molecule has 0 unspecified atom stereocenters. The third kappa shape index (κ3) is 3.44. The Hall–Kier alpha value is -2.33. The number of hydrogen-bond donors (Lipinski definition) is 2. The fourth-order valence-corrected chi connectivity index (χ4v) is 3.22. The Balaban J connectivity index is 1.63. The number of carboxylic acid groups (broad SMARTS) is 1. The lowest BCUT2D eigenvalue weighted by atomic mass is 9.95. The molecule has 2 N–H and O–H groups in total. The van der Waals surface area contributed by atoms with Crippen LogP contribution in [0.25, 0.3) is 0 Å². The second-order valence-electron chi connectivity index (χ2n) is 6.79. The van der Waals surface area contributed by atoms with E-state index in [1.807, 2.05) is 12.1 Å². The first kappa shape index (κ1) is 16.5. The van der Waals surface area contributed by atoms with Gasteiger partial charge in [0.2, 0.25) is 0 Å². The van der Waals surface area contributed by atoms with E-state index in [2.05, 4.69) is 48.6 Å². The maximum Gasteiger partial charge on any atom is 0.335 e. The molecule has 1 saturated carbocycles. The molecule has 0 aliphatic heterocycles. The Bertz CT molecular complexity index is 719. The number of carbonyl (C=O) groups is 1. The van der Waals surface area contributed by atoms with Gasteiger partial charge in [0.15, 0.2) is 0 Å². The molecular weight excluding hydrogens is 300 g/mol. The molecule has 4 heteroatoms. The molecule has 4 nitrogen and oxygen atoms in total. The standard InChI is InChI=1S/C20H24N2O2/c1-22(2)18-6-4-3-5-16(18)13-21-14-20(11-12-20)17-9-7-15(8-10-17)19(23)24/h3-10,21H,11-14H2,1-2H3,(H,23,24). The summed E-state index contributed by atoms with van der Waals surface area (Å²) in [5, 5.41) is 12.6. The van der Waals surface area contributed by atoms with Gasteiger partial charge in [-0.05, 0) is 42.2 Å². The van der Waals surface area contributed by atoms with Gasteiger partial charge in [-0.2, -0.15) is 0 Å². The highest BCUT2D eigenvalue weighted by atomic mass is 16.4. The van der Waals surface area contributed by atoms with Crippen molar-refractivity contribution in [2.75, 3.05) is 25.5 Å². The normalized spacial score (nSPS) is 15.1. The van der Waals surface area contributed by atoms with Crippen molar-refractivity contribution >= 4 is 11.7 Å². The summed E-state index contributed by atoms with van der Waals surface area (Å²) in [6, 6.07) is 15.8. The Morgan fingerprint density at radius 1 is 1.12 bits per heavy atom. The highest BCUT2D eigenvalue weighted by Crippen LogP contribution is 2.47. The Morgan fingerprint density at radius 3 is 2.38 bits per heavy atom. The van der Waals surface area contributed by atoms with E-state index >= 15 is 0 Å². The summed E-state index contributed by atoms with van der Waals surface area (Å²) in [4.78, 5) is 13.1. The molecule has 24 heavy (non-hydrogen) atoms. The number of nitrogens with one attached hydrogen (secondary N) is 1. The summed E-state index contributed by atoms with van der Waals surface area (Å²) in [6.45, 7) is 1.75. The van der Waals surface area contributed by atoms with E-state index in [-0.39, 0.29) is 5.41 Å². The molecule has 0 saturated heterocycles. The molecule has 0 spiro atoms. The summed E-state index contributed by atoms with van der Waals surface area (Å²) in [6.07, 6.45) is 2.31. The molecule has 2 aromatic carbocycles. The van der Waals surface area contributed by atoms with E-state index in [1.165, 1.54) is 16.8 Å². The summed E-state index contributed by atoms with van der Waals surface area (Å²) in [7, 11) is 4.12. The number of hydrogen-bond acceptors (Lipinski definition) is 3. The van der Waals surface area contributed by atoms with Crippen molar-refractivity contribution < 1.29 is 9.90 Å². The molecule has 0 aromatic heterocycles. The molecule has 0 atom stereocenters. The molecule has 3 rings (SSSR count). The molecule has 1 aliphatic carbocycles. The quantitative estimate of drug-likeness (QED) is 0.821. The first-order valence-corrected chi connectivity index (χ1v) is 8.32. The largest absolute Gasteiger partial charge is 0.478 e. The molecule has 0 radical (unpaired) electrons. The van der Waals surface area contributed by atoms with E-state index in [4.69, 9.17) is 5.11 Å². The fourth-order valence-electron chi connectivity index (χ4n) is 3.22. The number of rotatable bonds is 7. The van der Waals surface area contributed by atoms with Crippen molar-refractivity contribution in [3.63, 3.8) is 0 Å². The van der Waals surface area contributed by atoms with E-state index in [0.29, 0.717) is 5.56 Å². The Kier molecular flexibility index (Phi) is 4.58. The van der Waals surface area contributed by atoms with Crippen molar-refractivity contribution in [3.8, 4) is 0 Å². The van der Waals surface area contributed by atoms with Crippen molar-refractivity contribution in [1.29, 1.82) is 0 Å². The second-order valence-corrected chi connectivity index (χ2v) is 6.79. The lowest BCUT2D eigenvalue weighted by molar-refractivity contribution is 0.0697. The van der Waals surface area contributed by atoms with Crippen LogP contribution in [0, 0.1) is 0 Å². The van der Waals surface area contributed by atoms with Crippen LogP contribution in [0.5, 0.6) is 0 Å². The van der Waals surface area contributed by atoms with Gasteiger partial charge in [-0.1, -0.05) is 30.3 Å². The summed E-state index contributed by atoms with van der Waals surface area (Å²) < 4.78 is 0. The molecule has 0 bridgehead atoms. The average Bonchev–Trinajstić information content (AvgIpc) is 3.36. The molecule has 0 heterocycles. The predicted octanol–water partition coefficient (Wildman–Crippen LogP) is 3.27. The second kappa shape index (κ2) is 6.65. The molecule has 0 amide bonds. The minimum Gasteiger partial charge on any atom is -0.478 e. The van der Waals surface area contributed by atoms with Crippen molar-refractivity contribution in [1.82, 2.24) is 5.32 Å². The van der Waals surface area contributed by atoms with Crippen LogP contribution >= 0.6 is 0 Å².